The highest BCUT2D eigenvalue weighted by Crippen LogP contribution is 2.36. The van der Waals surface area contributed by atoms with E-state index in [0.29, 0.717) is 18.2 Å². The summed E-state index contributed by atoms with van der Waals surface area (Å²) in [5.74, 6) is -0.395. The molecule has 0 aliphatic heterocycles. The number of carbonyl (C=O) groups excluding carboxylic acids is 1. The van der Waals surface area contributed by atoms with E-state index in [-0.39, 0.29) is 23.1 Å². The van der Waals surface area contributed by atoms with Crippen molar-refractivity contribution in [3.8, 4) is 11.1 Å². The number of hydrogen-bond acceptors (Lipinski definition) is 5. The lowest BCUT2D eigenvalue weighted by molar-refractivity contribution is -0.137. The van der Waals surface area contributed by atoms with Gasteiger partial charge in [-0.3, -0.25) is 9.35 Å². The van der Waals surface area contributed by atoms with Crippen molar-refractivity contribution in [1.82, 2.24) is 5.43 Å². The second kappa shape index (κ2) is 9.00. The standard InChI is InChI=1S/C20H15F3N2O4S2/c21-20(22,23)14-7-8-18(31(27,28)29)17(10-14)16-6-2-1-4-13(16)12-24-25-19(26)11-15-5-3-9-30-15/h1-10,12H,11H2,(H,25,26)(H,27,28,29)/b24-12-. The molecule has 162 valence electrons. The fourth-order valence-corrected chi connectivity index (χ4v) is 4.17. The molecule has 2 N–H and O–H groups in total. The maximum atomic E-state index is 13.2. The Morgan fingerprint density at radius 2 is 1.84 bits per heavy atom. The summed E-state index contributed by atoms with van der Waals surface area (Å²) in [5.41, 5.74) is 1.22. The van der Waals surface area contributed by atoms with Crippen LogP contribution >= 0.6 is 11.3 Å². The van der Waals surface area contributed by atoms with E-state index in [9.17, 15) is 30.9 Å². The SMILES string of the molecule is O=C(Cc1cccs1)N/N=C\c1ccccc1-c1cc(C(F)(F)F)ccc1S(=O)(=O)O. The minimum absolute atomic E-state index is 0.0810. The average molecular weight is 468 g/mol. The van der Waals surface area contributed by atoms with Gasteiger partial charge in [0.05, 0.1) is 18.2 Å². The number of thiophene rings is 1. The lowest BCUT2D eigenvalue weighted by Gasteiger charge is -2.14. The summed E-state index contributed by atoms with van der Waals surface area (Å²) < 4.78 is 72.5. The Hall–Kier alpha value is -3.02. The molecule has 1 aromatic heterocycles. The number of carbonyl (C=O) groups is 1. The quantitative estimate of drug-likeness (QED) is 0.319. The molecule has 0 radical (unpaired) electrons. The Labute approximate surface area is 179 Å². The molecule has 3 aromatic rings. The van der Waals surface area contributed by atoms with Gasteiger partial charge in [-0.2, -0.15) is 26.7 Å². The third-order valence-electron chi connectivity index (χ3n) is 4.14. The van der Waals surface area contributed by atoms with Gasteiger partial charge in [0.15, 0.2) is 0 Å². The van der Waals surface area contributed by atoms with Gasteiger partial charge in [0.1, 0.15) is 4.90 Å². The second-order valence-electron chi connectivity index (χ2n) is 6.32. The lowest BCUT2D eigenvalue weighted by Crippen LogP contribution is -2.19. The fourth-order valence-electron chi connectivity index (χ4n) is 2.78. The van der Waals surface area contributed by atoms with Gasteiger partial charge in [-0.05, 0) is 35.2 Å². The van der Waals surface area contributed by atoms with Crippen LogP contribution in [0.4, 0.5) is 13.2 Å². The number of nitrogens with one attached hydrogen (secondary N) is 1. The van der Waals surface area contributed by atoms with E-state index < -0.39 is 32.7 Å². The van der Waals surface area contributed by atoms with E-state index >= 15 is 0 Å². The van der Waals surface area contributed by atoms with E-state index in [1.54, 1.807) is 18.2 Å². The summed E-state index contributed by atoms with van der Waals surface area (Å²) in [4.78, 5) is 12.1. The summed E-state index contributed by atoms with van der Waals surface area (Å²) >= 11 is 1.40. The lowest BCUT2D eigenvalue weighted by atomic mass is 9.98. The molecule has 11 heteroatoms. The topological polar surface area (TPSA) is 95.8 Å². The molecule has 0 saturated carbocycles. The van der Waals surface area contributed by atoms with Crippen LogP contribution in [-0.4, -0.2) is 25.1 Å². The zero-order chi connectivity index (χ0) is 22.6. The van der Waals surface area contributed by atoms with Gasteiger partial charge in [-0.25, -0.2) is 5.43 Å². The predicted molar refractivity (Wildman–Crippen MR) is 110 cm³/mol. The van der Waals surface area contributed by atoms with Crippen LogP contribution in [0, 0.1) is 0 Å². The van der Waals surface area contributed by atoms with Crippen LogP contribution in [0.1, 0.15) is 16.0 Å². The van der Waals surface area contributed by atoms with Crippen LogP contribution in [0.25, 0.3) is 11.1 Å². The smallest absolute Gasteiger partial charge is 0.282 e. The minimum atomic E-state index is -4.80. The van der Waals surface area contributed by atoms with Crippen molar-refractivity contribution >= 4 is 33.6 Å². The van der Waals surface area contributed by atoms with Crippen molar-refractivity contribution in [2.75, 3.05) is 0 Å². The normalized spacial score (nSPS) is 12.3. The predicted octanol–water partition coefficient (Wildman–Crippen LogP) is 4.37. The molecule has 0 aliphatic carbocycles. The molecule has 2 aromatic carbocycles. The molecular formula is C20H15F3N2O4S2. The number of hydrogen-bond donors (Lipinski definition) is 2. The molecule has 0 bridgehead atoms. The molecule has 0 spiro atoms. The summed E-state index contributed by atoms with van der Waals surface area (Å²) in [7, 11) is -4.80. The number of amides is 1. The highest BCUT2D eigenvalue weighted by atomic mass is 32.2. The summed E-state index contributed by atoms with van der Waals surface area (Å²) in [6, 6.07) is 11.4. The van der Waals surface area contributed by atoms with Crippen molar-refractivity contribution in [3.63, 3.8) is 0 Å². The van der Waals surface area contributed by atoms with Crippen LogP contribution in [0.15, 0.2) is 70.0 Å². The number of hydrazone groups is 1. The van der Waals surface area contributed by atoms with Gasteiger partial charge in [-0.1, -0.05) is 30.3 Å². The maximum Gasteiger partial charge on any atom is 0.416 e. The Bertz CT molecular complexity index is 1220. The van der Waals surface area contributed by atoms with Crippen LogP contribution in [0.5, 0.6) is 0 Å². The number of rotatable bonds is 6. The average Bonchev–Trinajstić information content (AvgIpc) is 3.19. The third-order valence-corrected chi connectivity index (χ3v) is 5.93. The Morgan fingerprint density at radius 1 is 1.10 bits per heavy atom. The molecule has 0 atom stereocenters. The Balaban J connectivity index is 1.96. The van der Waals surface area contributed by atoms with Gasteiger partial charge in [0.2, 0.25) is 5.91 Å². The molecular weight excluding hydrogens is 453 g/mol. The number of benzene rings is 2. The molecule has 0 fully saturated rings. The molecule has 0 saturated heterocycles. The van der Waals surface area contributed by atoms with Crippen LogP contribution in [0.3, 0.4) is 0 Å². The summed E-state index contributed by atoms with van der Waals surface area (Å²) in [5, 5.41) is 5.64. The first kappa shape index (κ1) is 22.7. The minimum Gasteiger partial charge on any atom is -0.282 e. The molecule has 31 heavy (non-hydrogen) atoms. The molecule has 3 rings (SSSR count). The largest absolute Gasteiger partial charge is 0.416 e. The van der Waals surface area contributed by atoms with Gasteiger partial charge >= 0.3 is 6.18 Å². The van der Waals surface area contributed by atoms with Gasteiger partial charge < -0.3 is 0 Å². The second-order valence-corrected chi connectivity index (χ2v) is 8.74. The van der Waals surface area contributed by atoms with Crippen LogP contribution < -0.4 is 5.43 Å². The molecule has 1 amide bonds. The van der Waals surface area contributed by atoms with E-state index in [1.807, 2.05) is 5.38 Å². The van der Waals surface area contributed by atoms with E-state index in [0.717, 1.165) is 4.88 Å². The molecule has 0 unspecified atom stereocenters. The first-order valence-electron chi connectivity index (χ1n) is 8.68. The number of alkyl halides is 3. The zero-order valence-corrected chi connectivity index (χ0v) is 17.3. The van der Waals surface area contributed by atoms with Crippen molar-refractivity contribution in [2.24, 2.45) is 5.10 Å². The molecule has 0 aliphatic rings. The highest BCUT2D eigenvalue weighted by molar-refractivity contribution is 7.86. The van der Waals surface area contributed by atoms with Crippen LogP contribution in [0.2, 0.25) is 0 Å². The highest BCUT2D eigenvalue weighted by Gasteiger charge is 2.32. The first-order valence-corrected chi connectivity index (χ1v) is 11.0. The van der Waals surface area contributed by atoms with Gasteiger partial charge in [0, 0.05) is 16.0 Å². The third kappa shape index (κ3) is 5.78. The van der Waals surface area contributed by atoms with Gasteiger partial charge in [-0.15, -0.1) is 11.3 Å². The van der Waals surface area contributed by atoms with Crippen molar-refractivity contribution in [2.45, 2.75) is 17.5 Å². The Kier molecular flexibility index (Phi) is 6.58. The zero-order valence-electron chi connectivity index (χ0n) is 15.6. The summed E-state index contributed by atoms with van der Waals surface area (Å²) in [6.45, 7) is 0. The van der Waals surface area contributed by atoms with Crippen molar-refractivity contribution in [3.05, 3.63) is 76.0 Å². The number of halogens is 3. The van der Waals surface area contributed by atoms with E-state index in [2.05, 4.69) is 10.5 Å². The number of nitrogens with zero attached hydrogens (tertiary/aromatic N) is 1. The Morgan fingerprint density at radius 3 is 2.48 bits per heavy atom. The fraction of sp³-hybridized carbons (Fsp3) is 0.100. The maximum absolute atomic E-state index is 13.2. The monoisotopic (exact) mass is 468 g/mol. The van der Waals surface area contributed by atoms with E-state index in [1.165, 1.54) is 35.8 Å². The van der Waals surface area contributed by atoms with Crippen molar-refractivity contribution in [1.29, 1.82) is 0 Å². The molecule has 6 nitrogen and oxygen atoms in total. The van der Waals surface area contributed by atoms with Crippen molar-refractivity contribution < 1.29 is 30.9 Å². The first-order chi connectivity index (χ1) is 14.6. The van der Waals surface area contributed by atoms with E-state index in [4.69, 9.17) is 0 Å². The molecule has 1 heterocycles. The van der Waals surface area contributed by atoms with Crippen LogP contribution in [-0.2, 0) is 27.5 Å². The summed E-state index contributed by atoms with van der Waals surface area (Å²) in [6.07, 6.45) is -3.42. The van der Waals surface area contributed by atoms with Gasteiger partial charge in [0.25, 0.3) is 10.1 Å².